The van der Waals surface area contributed by atoms with Crippen LogP contribution in [-0.2, 0) is 0 Å². The normalized spacial score (nSPS) is 12.0. The molecule has 146 valence electrons. The lowest BCUT2D eigenvalue weighted by Crippen LogP contribution is -2.15. The van der Waals surface area contributed by atoms with E-state index >= 15 is 0 Å². The SMILES string of the molecule is COc1ccc(C)cc1NC(c1ccccn1)c1ccc2ccc(C)nc2c1O. The van der Waals surface area contributed by atoms with Crippen molar-refractivity contribution in [3.8, 4) is 11.5 Å². The van der Waals surface area contributed by atoms with E-state index in [1.807, 2.05) is 74.5 Å². The molecule has 1 unspecified atom stereocenters. The fourth-order valence-corrected chi connectivity index (χ4v) is 3.47. The average Bonchev–Trinajstić information content (AvgIpc) is 2.74. The van der Waals surface area contributed by atoms with E-state index in [4.69, 9.17) is 4.74 Å². The molecule has 29 heavy (non-hydrogen) atoms. The minimum absolute atomic E-state index is 0.154. The summed E-state index contributed by atoms with van der Waals surface area (Å²) in [4.78, 5) is 9.08. The number of methoxy groups -OCH3 is 1. The quantitative estimate of drug-likeness (QED) is 0.496. The van der Waals surface area contributed by atoms with Crippen molar-refractivity contribution < 1.29 is 9.84 Å². The highest BCUT2D eigenvalue weighted by Crippen LogP contribution is 2.38. The molecule has 0 aliphatic carbocycles. The highest BCUT2D eigenvalue weighted by Gasteiger charge is 2.22. The summed E-state index contributed by atoms with van der Waals surface area (Å²) in [5, 5.41) is 15.5. The number of aromatic nitrogens is 2. The second kappa shape index (κ2) is 7.80. The van der Waals surface area contributed by atoms with Gasteiger partial charge in [0, 0.05) is 22.8 Å². The third-order valence-corrected chi connectivity index (χ3v) is 4.96. The minimum atomic E-state index is -0.376. The predicted molar refractivity (Wildman–Crippen MR) is 116 cm³/mol. The maximum absolute atomic E-state index is 11.1. The molecular weight excluding hydrogens is 362 g/mol. The van der Waals surface area contributed by atoms with Crippen molar-refractivity contribution in [1.29, 1.82) is 0 Å². The van der Waals surface area contributed by atoms with Crippen molar-refractivity contribution in [3.63, 3.8) is 0 Å². The zero-order valence-electron chi connectivity index (χ0n) is 16.7. The molecule has 0 saturated heterocycles. The Morgan fingerprint density at radius 2 is 1.83 bits per heavy atom. The first-order chi connectivity index (χ1) is 14.1. The molecule has 0 radical (unpaired) electrons. The zero-order chi connectivity index (χ0) is 20.4. The average molecular weight is 385 g/mol. The highest BCUT2D eigenvalue weighted by molar-refractivity contribution is 5.86. The van der Waals surface area contributed by atoms with Gasteiger partial charge in [-0.15, -0.1) is 0 Å². The van der Waals surface area contributed by atoms with Gasteiger partial charge in [0.1, 0.15) is 17.0 Å². The van der Waals surface area contributed by atoms with Gasteiger partial charge in [-0.3, -0.25) is 4.98 Å². The number of hydrogen-bond acceptors (Lipinski definition) is 5. The van der Waals surface area contributed by atoms with E-state index in [0.29, 0.717) is 11.1 Å². The summed E-state index contributed by atoms with van der Waals surface area (Å²) in [6, 6.07) is 19.1. The number of aromatic hydroxyl groups is 1. The summed E-state index contributed by atoms with van der Waals surface area (Å²) in [5.41, 5.74) is 4.87. The fourth-order valence-electron chi connectivity index (χ4n) is 3.47. The Morgan fingerprint density at radius 1 is 1.00 bits per heavy atom. The van der Waals surface area contributed by atoms with Gasteiger partial charge in [-0.25, -0.2) is 4.98 Å². The van der Waals surface area contributed by atoms with E-state index in [-0.39, 0.29) is 11.8 Å². The van der Waals surface area contributed by atoms with Gasteiger partial charge in [0.2, 0.25) is 0 Å². The lowest BCUT2D eigenvalue weighted by Gasteiger charge is -2.23. The smallest absolute Gasteiger partial charge is 0.147 e. The van der Waals surface area contributed by atoms with E-state index in [0.717, 1.165) is 33.8 Å². The van der Waals surface area contributed by atoms with Gasteiger partial charge in [0.15, 0.2) is 0 Å². The van der Waals surface area contributed by atoms with Crippen molar-refractivity contribution in [2.24, 2.45) is 0 Å². The molecule has 0 amide bonds. The monoisotopic (exact) mass is 385 g/mol. The van der Waals surface area contributed by atoms with Crippen molar-refractivity contribution >= 4 is 16.6 Å². The van der Waals surface area contributed by atoms with E-state index in [9.17, 15) is 5.11 Å². The number of phenolic OH excluding ortho intramolecular Hbond substituents is 1. The van der Waals surface area contributed by atoms with Gasteiger partial charge in [0.25, 0.3) is 0 Å². The van der Waals surface area contributed by atoms with Crippen LogP contribution in [0.4, 0.5) is 5.69 Å². The molecular formula is C24H23N3O2. The van der Waals surface area contributed by atoms with Crippen molar-refractivity contribution in [1.82, 2.24) is 9.97 Å². The molecule has 2 N–H and O–H groups in total. The van der Waals surface area contributed by atoms with E-state index in [1.165, 1.54) is 0 Å². The Labute approximate surface area is 170 Å². The molecule has 1 atom stereocenters. The van der Waals surface area contributed by atoms with E-state index in [2.05, 4.69) is 15.3 Å². The maximum atomic E-state index is 11.1. The van der Waals surface area contributed by atoms with Crippen LogP contribution < -0.4 is 10.1 Å². The van der Waals surface area contributed by atoms with Gasteiger partial charge in [0.05, 0.1) is 24.5 Å². The molecule has 0 aliphatic heterocycles. The number of fused-ring (bicyclic) bond motifs is 1. The number of aryl methyl sites for hydroxylation is 2. The van der Waals surface area contributed by atoms with Crippen molar-refractivity contribution in [3.05, 3.63) is 89.4 Å². The summed E-state index contributed by atoms with van der Waals surface area (Å²) >= 11 is 0. The number of anilines is 1. The maximum Gasteiger partial charge on any atom is 0.147 e. The van der Waals surface area contributed by atoms with Gasteiger partial charge in [-0.05, 0) is 49.7 Å². The first kappa shape index (κ1) is 18.7. The molecule has 0 saturated carbocycles. The fraction of sp³-hybridized carbons (Fsp3) is 0.167. The van der Waals surface area contributed by atoms with Crippen LogP contribution in [0.1, 0.15) is 28.6 Å². The summed E-state index contributed by atoms with van der Waals surface area (Å²) in [6.07, 6.45) is 1.75. The van der Waals surface area contributed by atoms with Gasteiger partial charge >= 0.3 is 0 Å². The first-order valence-electron chi connectivity index (χ1n) is 9.48. The molecule has 0 bridgehead atoms. The molecule has 0 spiro atoms. The Morgan fingerprint density at radius 3 is 2.59 bits per heavy atom. The predicted octanol–water partition coefficient (Wildman–Crippen LogP) is 5.16. The van der Waals surface area contributed by atoms with Crippen LogP contribution in [0.5, 0.6) is 11.5 Å². The summed E-state index contributed by atoms with van der Waals surface area (Å²) in [5.74, 6) is 0.881. The van der Waals surface area contributed by atoms with Crippen LogP contribution in [0.25, 0.3) is 10.9 Å². The number of benzene rings is 2. The lowest BCUT2D eigenvalue weighted by atomic mass is 9.99. The number of nitrogens with zero attached hydrogens (tertiary/aromatic N) is 2. The Hall–Kier alpha value is -3.60. The molecule has 2 aromatic carbocycles. The first-order valence-corrected chi connectivity index (χ1v) is 9.48. The minimum Gasteiger partial charge on any atom is -0.505 e. The third-order valence-electron chi connectivity index (χ3n) is 4.96. The van der Waals surface area contributed by atoms with Crippen LogP contribution >= 0.6 is 0 Å². The van der Waals surface area contributed by atoms with Crippen LogP contribution in [-0.4, -0.2) is 22.2 Å². The third kappa shape index (κ3) is 3.72. The number of pyridine rings is 2. The zero-order valence-corrected chi connectivity index (χ0v) is 16.7. The number of ether oxygens (including phenoxy) is 1. The Balaban J connectivity index is 1.88. The van der Waals surface area contributed by atoms with Crippen molar-refractivity contribution in [2.75, 3.05) is 12.4 Å². The van der Waals surface area contributed by atoms with Crippen LogP contribution in [0.3, 0.4) is 0 Å². The molecule has 5 nitrogen and oxygen atoms in total. The molecule has 5 heteroatoms. The van der Waals surface area contributed by atoms with Gasteiger partial charge < -0.3 is 15.2 Å². The summed E-state index contributed by atoms with van der Waals surface area (Å²) in [6.45, 7) is 3.94. The molecule has 2 heterocycles. The summed E-state index contributed by atoms with van der Waals surface area (Å²) < 4.78 is 5.53. The summed E-state index contributed by atoms with van der Waals surface area (Å²) in [7, 11) is 1.64. The number of nitrogens with one attached hydrogen (secondary N) is 1. The molecule has 0 fully saturated rings. The molecule has 0 aliphatic rings. The standard InChI is InChI=1S/C24H23N3O2/c1-15-7-12-21(29-3)20(14-15)27-23(19-6-4-5-13-25-19)18-11-10-17-9-8-16(2)26-22(17)24(18)28/h4-14,23,27-28H,1-3H3. The topological polar surface area (TPSA) is 67.3 Å². The van der Waals surface area contributed by atoms with Crippen molar-refractivity contribution in [2.45, 2.75) is 19.9 Å². The van der Waals surface area contributed by atoms with Crippen LogP contribution in [0.15, 0.2) is 66.9 Å². The van der Waals surface area contributed by atoms with E-state index < -0.39 is 0 Å². The number of rotatable bonds is 5. The second-order valence-corrected chi connectivity index (χ2v) is 7.06. The molecule has 4 aromatic rings. The van der Waals surface area contributed by atoms with E-state index in [1.54, 1.807) is 13.3 Å². The largest absolute Gasteiger partial charge is 0.505 e. The highest BCUT2D eigenvalue weighted by atomic mass is 16.5. The van der Waals surface area contributed by atoms with Gasteiger partial charge in [-0.1, -0.05) is 30.3 Å². The van der Waals surface area contributed by atoms with Crippen LogP contribution in [0, 0.1) is 13.8 Å². The second-order valence-electron chi connectivity index (χ2n) is 7.06. The molecule has 2 aromatic heterocycles. The number of hydrogen-bond donors (Lipinski definition) is 2. The lowest BCUT2D eigenvalue weighted by molar-refractivity contribution is 0.416. The number of phenols is 1. The Kier molecular flexibility index (Phi) is 5.04. The Bertz CT molecular complexity index is 1160. The molecule has 4 rings (SSSR count). The van der Waals surface area contributed by atoms with Gasteiger partial charge in [-0.2, -0.15) is 0 Å². The van der Waals surface area contributed by atoms with Crippen LogP contribution in [0.2, 0.25) is 0 Å².